The number of hydrogen-bond donors (Lipinski definition) is 1. The van der Waals surface area contributed by atoms with E-state index in [0.29, 0.717) is 5.75 Å². The molecule has 1 fully saturated rings. The third-order valence-electron chi connectivity index (χ3n) is 3.09. The molecule has 0 aliphatic carbocycles. The molecule has 1 aliphatic heterocycles. The zero-order valence-electron chi connectivity index (χ0n) is 11.0. The lowest BCUT2D eigenvalue weighted by molar-refractivity contribution is -0.141. The van der Waals surface area contributed by atoms with Crippen LogP contribution in [0.3, 0.4) is 0 Å². The van der Waals surface area contributed by atoms with Crippen LogP contribution in [0.5, 0.6) is 0 Å². The van der Waals surface area contributed by atoms with E-state index in [9.17, 15) is 14.7 Å². The molecular formula is C13H15BrN2O3S. The van der Waals surface area contributed by atoms with Gasteiger partial charge in [-0.25, -0.2) is 9.78 Å². The van der Waals surface area contributed by atoms with Crippen molar-refractivity contribution in [3.63, 3.8) is 0 Å². The molecule has 20 heavy (non-hydrogen) atoms. The van der Waals surface area contributed by atoms with Crippen LogP contribution in [-0.4, -0.2) is 44.0 Å². The van der Waals surface area contributed by atoms with Crippen LogP contribution in [-0.2, 0) is 4.79 Å². The monoisotopic (exact) mass is 358 g/mol. The molecule has 2 atom stereocenters. The van der Waals surface area contributed by atoms with Crippen LogP contribution in [0.2, 0.25) is 0 Å². The highest BCUT2D eigenvalue weighted by Crippen LogP contribution is 2.33. The van der Waals surface area contributed by atoms with Crippen molar-refractivity contribution in [3.05, 3.63) is 28.5 Å². The maximum absolute atomic E-state index is 12.5. The van der Waals surface area contributed by atoms with Gasteiger partial charge in [0.2, 0.25) is 0 Å². The van der Waals surface area contributed by atoms with E-state index in [1.54, 1.807) is 18.3 Å². The Morgan fingerprint density at radius 2 is 2.30 bits per heavy atom. The van der Waals surface area contributed by atoms with Gasteiger partial charge >= 0.3 is 5.97 Å². The van der Waals surface area contributed by atoms with Gasteiger partial charge in [0.15, 0.2) is 0 Å². The molecule has 2 rings (SSSR count). The molecule has 1 aromatic rings. The molecule has 1 saturated heterocycles. The average molecular weight is 359 g/mol. The van der Waals surface area contributed by atoms with Crippen molar-refractivity contribution in [1.82, 2.24) is 9.88 Å². The zero-order chi connectivity index (χ0) is 14.7. The van der Waals surface area contributed by atoms with Gasteiger partial charge in [-0.1, -0.05) is 13.3 Å². The number of hydrogen-bond acceptors (Lipinski definition) is 4. The molecule has 0 bridgehead atoms. The number of aliphatic carboxylic acids is 1. The first kappa shape index (κ1) is 15.3. The van der Waals surface area contributed by atoms with Gasteiger partial charge in [-0.2, -0.15) is 0 Å². The van der Waals surface area contributed by atoms with E-state index in [2.05, 4.69) is 20.9 Å². The lowest BCUT2D eigenvalue weighted by atomic mass is 10.2. The molecule has 1 aromatic heterocycles. The van der Waals surface area contributed by atoms with Crippen LogP contribution in [0.15, 0.2) is 22.8 Å². The molecule has 1 amide bonds. The van der Waals surface area contributed by atoms with E-state index in [1.165, 1.54) is 16.7 Å². The number of halogens is 1. The van der Waals surface area contributed by atoms with Crippen LogP contribution in [0.4, 0.5) is 0 Å². The van der Waals surface area contributed by atoms with Gasteiger partial charge in [0.25, 0.3) is 5.91 Å². The quantitative estimate of drug-likeness (QED) is 0.895. The Morgan fingerprint density at radius 1 is 1.55 bits per heavy atom. The number of carbonyl (C=O) groups excluding carboxylic acids is 1. The summed E-state index contributed by atoms with van der Waals surface area (Å²) in [5.74, 6) is -0.836. The van der Waals surface area contributed by atoms with Crippen molar-refractivity contribution in [1.29, 1.82) is 0 Å². The minimum Gasteiger partial charge on any atom is -0.480 e. The van der Waals surface area contributed by atoms with Gasteiger partial charge in [-0.3, -0.25) is 4.79 Å². The normalized spacial score (nSPS) is 22.0. The van der Waals surface area contributed by atoms with Crippen molar-refractivity contribution >= 4 is 39.6 Å². The second kappa shape index (κ2) is 6.58. The Balaban J connectivity index is 2.26. The largest absolute Gasteiger partial charge is 0.480 e. The summed E-state index contributed by atoms with van der Waals surface area (Å²) in [6.45, 7) is 2.02. The Labute approximate surface area is 129 Å². The Kier molecular flexibility index (Phi) is 5.04. The van der Waals surface area contributed by atoms with Crippen molar-refractivity contribution < 1.29 is 14.7 Å². The predicted molar refractivity (Wildman–Crippen MR) is 80.7 cm³/mol. The summed E-state index contributed by atoms with van der Waals surface area (Å²) in [7, 11) is 0. The van der Waals surface area contributed by atoms with Crippen molar-refractivity contribution in [2.75, 3.05) is 5.75 Å². The van der Waals surface area contributed by atoms with Crippen LogP contribution < -0.4 is 0 Å². The molecule has 0 aromatic carbocycles. The molecule has 0 spiro atoms. The summed E-state index contributed by atoms with van der Waals surface area (Å²) in [4.78, 5) is 29.4. The summed E-state index contributed by atoms with van der Waals surface area (Å²) >= 11 is 4.79. The number of carboxylic acid groups (broad SMARTS) is 1. The third kappa shape index (κ3) is 3.15. The first-order valence-corrected chi connectivity index (χ1v) is 8.17. The molecule has 5 nitrogen and oxygen atoms in total. The maximum Gasteiger partial charge on any atom is 0.327 e. The fraction of sp³-hybridized carbons (Fsp3) is 0.462. The first-order chi connectivity index (χ1) is 9.54. The number of thioether (sulfide) groups is 1. The van der Waals surface area contributed by atoms with Gasteiger partial charge in [-0.15, -0.1) is 11.8 Å². The Morgan fingerprint density at radius 3 is 2.85 bits per heavy atom. The average Bonchev–Trinajstić information content (AvgIpc) is 2.83. The number of carbonyl (C=O) groups is 2. The zero-order valence-corrected chi connectivity index (χ0v) is 13.4. The highest BCUT2D eigenvalue weighted by Gasteiger charge is 2.41. The molecular weight excluding hydrogens is 344 g/mol. The van der Waals surface area contributed by atoms with E-state index in [0.717, 1.165) is 17.3 Å². The van der Waals surface area contributed by atoms with Crippen LogP contribution in [0, 0.1) is 0 Å². The number of amides is 1. The second-order valence-corrected chi connectivity index (χ2v) is 6.63. The van der Waals surface area contributed by atoms with E-state index in [4.69, 9.17) is 0 Å². The molecule has 1 aliphatic rings. The molecule has 1 N–H and O–H groups in total. The fourth-order valence-corrected chi connectivity index (χ4v) is 3.88. The predicted octanol–water partition coefficient (Wildman–Crippen LogP) is 2.61. The molecule has 2 heterocycles. The molecule has 0 radical (unpaired) electrons. The van der Waals surface area contributed by atoms with E-state index >= 15 is 0 Å². The first-order valence-electron chi connectivity index (χ1n) is 6.33. The molecule has 0 saturated carbocycles. The summed E-state index contributed by atoms with van der Waals surface area (Å²) in [6, 6.07) is 2.57. The van der Waals surface area contributed by atoms with Gasteiger partial charge < -0.3 is 10.0 Å². The summed E-state index contributed by atoms with van der Waals surface area (Å²) < 4.78 is 0.782. The van der Waals surface area contributed by atoms with Gasteiger partial charge in [0.1, 0.15) is 11.7 Å². The summed E-state index contributed by atoms with van der Waals surface area (Å²) in [5.41, 5.74) is 0.281. The highest BCUT2D eigenvalue weighted by molar-refractivity contribution is 9.10. The van der Waals surface area contributed by atoms with Crippen LogP contribution in [0.1, 0.15) is 30.3 Å². The molecule has 2 unspecified atom stereocenters. The van der Waals surface area contributed by atoms with E-state index in [-0.39, 0.29) is 17.0 Å². The van der Waals surface area contributed by atoms with E-state index in [1.807, 2.05) is 6.92 Å². The Hall–Kier alpha value is -1.08. The molecule has 108 valence electrons. The van der Waals surface area contributed by atoms with E-state index < -0.39 is 12.0 Å². The standard InChI is InChI=1S/C13H15BrN2O3S/c1-2-3-11-16(10(7-20-11)13(18)19)12(17)9-5-4-8(14)6-15-9/h4-6,10-11H,2-3,7H2,1H3,(H,18,19). The van der Waals surface area contributed by atoms with Gasteiger partial charge in [-0.05, 0) is 34.5 Å². The van der Waals surface area contributed by atoms with Crippen LogP contribution >= 0.6 is 27.7 Å². The van der Waals surface area contributed by atoms with Crippen molar-refractivity contribution in [2.24, 2.45) is 0 Å². The van der Waals surface area contributed by atoms with Crippen LogP contribution in [0.25, 0.3) is 0 Å². The second-order valence-electron chi connectivity index (χ2n) is 4.50. The summed E-state index contributed by atoms with van der Waals surface area (Å²) in [5, 5.41) is 9.19. The lowest BCUT2D eigenvalue weighted by Gasteiger charge is -2.26. The SMILES string of the molecule is CCCC1SCC(C(=O)O)N1C(=O)c1ccc(Br)cn1. The fourth-order valence-electron chi connectivity index (χ4n) is 2.13. The van der Waals surface area contributed by atoms with Crippen molar-refractivity contribution in [2.45, 2.75) is 31.2 Å². The summed E-state index contributed by atoms with van der Waals surface area (Å²) in [6.07, 6.45) is 3.24. The smallest absolute Gasteiger partial charge is 0.327 e. The maximum atomic E-state index is 12.5. The number of nitrogens with zero attached hydrogens (tertiary/aromatic N) is 2. The Bertz CT molecular complexity index is 509. The third-order valence-corrected chi connectivity index (χ3v) is 4.92. The minimum absolute atomic E-state index is 0.0842. The number of carboxylic acids is 1. The highest BCUT2D eigenvalue weighted by atomic mass is 79.9. The molecule has 7 heteroatoms. The number of aromatic nitrogens is 1. The number of pyridine rings is 1. The minimum atomic E-state index is -0.957. The topological polar surface area (TPSA) is 70.5 Å². The van der Waals surface area contributed by atoms with Gasteiger partial charge in [0, 0.05) is 16.4 Å². The van der Waals surface area contributed by atoms with Crippen molar-refractivity contribution in [3.8, 4) is 0 Å². The number of rotatable bonds is 4. The van der Waals surface area contributed by atoms with Gasteiger partial charge in [0.05, 0.1) is 5.37 Å². The lowest BCUT2D eigenvalue weighted by Crippen LogP contribution is -2.45.